The maximum atomic E-state index is 13.2. The predicted molar refractivity (Wildman–Crippen MR) is 117 cm³/mol. The molecule has 3 heterocycles. The van der Waals surface area contributed by atoms with E-state index in [-0.39, 0.29) is 17.1 Å². The van der Waals surface area contributed by atoms with Gasteiger partial charge in [0, 0.05) is 26.2 Å². The number of hydrogen-bond donors (Lipinski definition) is 0. The Morgan fingerprint density at radius 2 is 1.81 bits per heavy atom. The maximum Gasteiger partial charge on any atom is 0.340 e. The molecule has 1 aromatic carbocycles. The number of esters is 1. The highest BCUT2D eigenvalue weighted by Gasteiger charge is 2.29. The van der Waals surface area contributed by atoms with Gasteiger partial charge in [0.05, 0.1) is 35.1 Å². The van der Waals surface area contributed by atoms with E-state index in [1.54, 1.807) is 19.1 Å². The van der Waals surface area contributed by atoms with Gasteiger partial charge in [-0.15, -0.1) is 0 Å². The number of rotatable bonds is 6. The summed E-state index contributed by atoms with van der Waals surface area (Å²) >= 11 is 0. The fourth-order valence-corrected chi connectivity index (χ4v) is 5.52. The number of carbonyl (C=O) groups excluding carboxylic acids is 1. The molecule has 2 aliphatic rings. The van der Waals surface area contributed by atoms with Crippen LogP contribution in [0.5, 0.6) is 0 Å². The van der Waals surface area contributed by atoms with E-state index >= 15 is 0 Å². The Morgan fingerprint density at radius 3 is 2.47 bits per heavy atom. The number of oxazole rings is 1. The van der Waals surface area contributed by atoms with Crippen molar-refractivity contribution in [2.24, 2.45) is 0 Å². The van der Waals surface area contributed by atoms with E-state index in [0.717, 1.165) is 25.0 Å². The van der Waals surface area contributed by atoms with Crippen LogP contribution in [0.3, 0.4) is 0 Å². The minimum absolute atomic E-state index is 0.103. The molecule has 0 radical (unpaired) electrons. The molecular formula is C22H29N3O6S. The smallest absolute Gasteiger partial charge is 0.340 e. The number of aromatic nitrogens is 1. The second kappa shape index (κ2) is 9.60. The first-order chi connectivity index (χ1) is 15.4. The average Bonchev–Trinajstić information content (AvgIpc) is 3.15. The molecule has 2 fully saturated rings. The Bertz CT molecular complexity index is 1050. The molecule has 2 saturated heterocycles. The molecule has 174 valence electrons. The Balaban J connectivity index is 1.63. The first-order valence-electron chi connectivity index (χ1n) is 10.9. The number of ether oxygens (including phenoxy) is 2. The van der Waals surface area contributed by atoms with Crippen molar-refractivity contribution in [3.8, 4) is 0 Å². The molecule has 9 nitrogen and oxygen atoms in total. The van der Waals surface area contributed by atoms with E-state index in [0.29, 0.717) is 56.7 Å². The summed E-state index contributed by atoms with van der Waals surface area (Å²) in [6.45, 7) is 6.77. The van der Waals surface area contributed by atoms with Gasteiger partial charge in [0.2, 0.25) is 15.9 Å². The number of nitrogens with zero attached hydrogens (tertiary/aromatic N) is 3. The van der Waals surface area contributed by atoms with Crippen molar-refractivity contribution in [1.82, 2.24) is 9.29 Å². The Kier molecular flexibility index (Phi) is 6.82. The molecule has 0 amide bonds. The summed E-state index contributed by atoms with van der Waals surface area (Å²) in [5.41, 5.74) is 1.58. The minimum atomic E-state index is -3.68. The van der Waals surface area contributed by atoms with Crippen molar-refractivity contribution in [3.63, 3.8) is 0 Å². The maximum absolute atomic E-state index is 13.2. The molecular weight excluding hydrogens is 434 g/mol. The van der Waals surface area contributed by atoms with E-state index in [1.165, 1.54) is 10.4 Å². The lowest BCUT2D eigenvalue weighted by Crippen LogP contribution is -2.38. The lowest BCUT2D eigenvalue weighted by Gasteiger charge is -2.31. The topological polar surface area (TPSA) is 102 Å². The third-order valence-corrected chi connectivity index (χ3v) is 7.79. The molecule has 0 unspecified atom stereocenters. The Morgan fingerprint density at radius 1 is 1.09 bits per heavy atom. The third kappa shape index (κ3) is 4.82. The van der Waals surface area contributed by atoms with Gasteiger partial charge in [-0.05, 0) is 44.9 Å². The predicted octanol–water partition coefficient (Wildman–Crippen LogP) is 2.66. The van der Waals surface area contributed by atoms with Crippen LogP contribution in [-0.4, -0.2) is 63.1 Å². The summed E-state index contributed by atoms with van der Waals surface area (Å²) in [7, 11) is -3.68. The van der Waals surface area contributed by atoms with Gasteiger partial charge < -0.3 is 18.8 Å². The minimum Gasteiger partial charge on any atom is -0.452 e. The number of carbonyl (C=O) groups is 1. The van der Waals surface area contributed by atoms with Crippen LogP contribution in [0.4, 0.5) is 5.69 Å². The SMILES string of the molecule is Cc1nc(COC(=O)c2cc(S(=O)(=O)N3CCCCC3)ccc2N2CCOCC2)oc1C. The van der Waals surface area contributed by atoms with Gasteiger partial charge in [0.1, 0.15) is 5.76 Å². The highest BCUT2D eigenvalue weighted by Crippen LogP contribution is 2.29. The normalized spacial score (nSPS) is 18.0. The van der Waals surface area contributed by atoms with E-state index in [1.807, 2.05) is 11.8 Å². The van der Waals surface area contributed by atoms with Gasteiger partial charge in [-0.25, -0.2) is 18.2 Å². The van der Waals surface area contributed by atoms with Crippen LogP contribution in [0, 0.1) is 13.8 Å². The quantitative estimate of drug-likeness (QED) is 0.603. The molecule has 1 aromatic heterocycles. The Labute approximate surface area is 188 Å². The number of sulfonamides is 1. The summed E-state index contributed by atoms with van der Waals surface area (Å²) < 4.78 is 44.2. The largest absolute Gasteiger partial charge is 0.452 e. The van der Waals surface area contributed by atoms with Crippen LogP contribution in [0.1, 0.15) is 47.0 Å². The highest BCUT2D eigenvalue weighted by atomic mass is 32.2. The second-order valence-electron chi connectivity index (χ2n) is 8.07. The second-order valence-corrected chi connectivity index (χ2v) is 10.0. The summed E-state index contributed by atoms with van der Waals surface area (Å²) in [5, 5.41) is 0. The lowest BCUT2D eigenvalue weighted by atomic mass is 10.1. The number of benzene rings is 1. The van der Waals surface area contributed by atoms with Gasteiger partial charge in [-0.3, -0.25) is 0 Å². The number of piperidine rings is 1. The first kappa shape index (κ1) is 22.8. The molecule has 2 aliphatic heterocycles. The molecule has 0 N–H and O–H groups in total. The van der Waals surface area contributed by atoms with Crippen LogP contribution < -0.4 is 4.90 Å². The van der Waals surface area contributed by atoms with Gasteiger partial charge in [-0.1, -0.05) is 6.42 Å². The summed E-state index contributed by atoms with van der Waals surface area (Å²) in [6, 6.07) is 4.70. The third-order valence-electron chi connectivity index (χ3n) is 5.89. The van der Waals surface area contributed by atoms with Crippen molar-refractivity contribution in [2.45, 2.75) is 44.6 Å². The number of anilines is 1. The van der Waals surface area contributed by atoms with Crippen molar-refractivity contribution in [3.05, 3.63) is 41.1 Å². The number of morpholine rings is 1. The van der Waals surface area contributed by atoms with Crippen molar-refractivity contribution in [1.29, 1.82) is 0 Å². The molecule has 10 heteroatoms. The van der Waals surface area contributed by atoms with Crippen LogP contribution in [0.15, 0.2) is 27.5 Å². The molecule has 0 atom stereocenters. The van der Waals surface area contributed by atoms with E-state index in [4.69, 9.17) is 13.9 Å². The molecule has 32 heavy (non-hydrogen) atoms. The molecule has 0 aliphatic carbocycles. The zero-order valence-electron chi connectivity index (χ0n) is 18.5. The first-order valence-corrected chi connectivity index (χ1v) is 12.4. The van der Waals surface area contributed by atoms with Crippen molar-refractivity contribution >= 4 is 21.7 Å². The van der Waals surface area contributed by atoms with E-state index in [9.17, 15) is 13.2 Å². The summed E-state index contributed by atoms with van der Waals surface area (Å²) in [6.07, 6.45) is 2.71. The lowest BCUT2D eigenvalue weighted by molar-refractivity contribution is 0.0436. The Hall–Kier alpha value is -2.43. The molecule has 0 spiro atoms. The molecule has 0 bridgehead atoms. The number of aryl methyl sites for hydroxylation is 2. The highest BCUT2D eigenvalue weighted by molar-refractivity contribution is 7.89. The summed E-state index contributed by atoms with van der Waals surface area (Å²) in [5.74, 6) is 0.355. The zero-order chi connectivity index (χ0) is 22.7. The average molecular weight is 464 g/mol. The van der Waals surface area contributed by atoms with Crippen LogP contribution in [0.2, 0.25) is 0 Å². The van der Waals surface area contributed by atoms with Crippen LogP contribution >= 0.6 is 0 Å². The fraction of sp³-hybridized carbons (Fsp3) is 0.545. The number of hydrogen-bond acceptors (Lipinski definition) is 8. The molecule has 4 rings (SSSR count). The fourth-order valence-electron chi connectivity index (χ4n) is 3.98. The standard InChI is InChI=1S/C22H29N3O6S/c1-16-17(2)31-21(23-16)15-30-22(26)19-14-18(32(27,28)25-8-4-3-5-9-25)6-7-20(19)24-10-12-29-13-11-24/h6-7,14H,3-5,8-13,15H2,1-2H3. The monoisotopic (exact) mass is 463 g/mol. The van der Waals surface area contributed by atoms with Crippen molar-refractivity contribution < 1.29 is 27.1 Å². The van der Waals surface area contributed by atoms with Gasteiger partial charge >= 0.3 is 5.97 Å². The van der Waals surface area contributed by atoms with Crippen LogP contribution in [0.25, 0.3) is 0 Å². The van der Waals surface area contributed by atoms with Crippen molar-refractivity contribution in [2.75, 3.05) is 44.3 Å². The summed E-state index contributed by atoms with van der Waals surface area (Å²) in [4.78, 5) is 19.4. The molecule has 2 aromatic rings. The van der Waals surface area contributed by atoms with E-state index < -0.39 is 16.0 Å². The molecule has 0 saturated carbocycles. The van der Waals surface area contributed by atoms with Crippen LogP contribution in [-0.2, 0) is 26.1 Å². The van der Waals surface area contributed by atoms with E-state index in [2.05, 4.69) is 4.98 Å². The van der Waals surface area contributed by atoms with Gasteiger partial charge in [0.15, 0.2) is 6.61 Å². The van der Waals surface area contributed by atoms with Gasteiger partial charge in [0.25, 0.3) is 0 Å². The zero-order valence-corrected chi connectivity index (χ0v) is 19.3. The van der Waals surface area contributed by atoms with Gasteiger partial charge in [-0.2, -0.15) is 4.31 Å².